The molecular formula is C15H24F3N3O. The Labute approximate surface area is 128 Å². The van der Waals surface area contributed by atoms with Gasteiger partial charge in [-0.05, 0) is 57.3 Å². The molecule has 1 fully saturated rings. The molecule has 22 heavy (non-hydrogen) atoms. The maximum absolute atomic E-state index is 12.5. The van der Waals surface area contributed by atoms with E-state index >= 15 is 0 Å². The third-order valence-corrected chi connectivity index (χ3v) is 4.33. The molecule has 1 aliphatic rings. The molecule has 1 aromatic rings. The highest BCUT2D eigenvalue weighted by atomic mass is 19.4. The Morgan fingerprint density at radius 1 is 1.14 bits per heavy atom. The number of aliphatic hydroxyl groups is 1. The van der Waals surface area contributed by atoms with Gasteiger partial charge in [-0.3, -0.25) is 4.68 Å². The van der Waals surface area contributed by atoms with Crippen LogP contribution in [0.2, 0.25) is 0 Å². The minimum absolute atomic E-state index is 0.425. The van der Waals surface area contributed by atoms with Crippen molar-refractivity contribution >= 4 is 0 Å². The number of hydrogen-bond acceptors (Lipinski definition) is 3. The van der Waals surface area contributed by atoms with Crippen LogP contribution in [-0.4, -0.2) is 51.7 Å². The Morgan fingerprint density at radius 2 is 1.82 bits per heavy atom. The van der Waals surface area contributed by atoms with Crippen molar-refractivity contribution in [3.8, 4) is 0 Å². The van der Waals surface area contributed by atoms with E-state index in [1.165, 1.54) is 0 Å². The topological polar surface area (TPSA) is 41.3 Å². The van der Waals surface area contributed by atoms with Gasteiger partial charge in [0.05, 0.1) is 0 Å². The molecule has 2 rings (SSSR count). The van der Waals surface area contributed by atoms with Crippen LogP contribution in [0, 0.1) is 5.92 Å². The van der Waals surface area contributed by atoms with Crippen LogP contribution in [-0.2, 0) is 6.54 Å². The molecule has 1 aromatic heterocycles. The molecule has 1 saturated heterocycles. The molecule has 0 aliphatic carbocycles. The van der Waals surface area contributed by atoms with Gasteiger partial charge in [0.2, 0.25) is 0 Å². The minimum atomic E-state index is -4.49. The van der Waals surface area contributed by atoms with Crippen molar-refractivity contribution in [2.45, 2.75) is 50.9 Å². The molecule has 1 atom stereocenters. The zero-order valence-electron chi connectivity index (χ0n) is 12.7. The van der Waals surface area contributed by atoms with Crippen LogP contribution < -0.4 is 0 Å². The molecule has 1 aliphatic heterocycles. The van der Waals surface area contributed by atoms with E-state index in [0.29, 0.717) is 25.9 Å². The highest BCUT2D eigenvalue weighted by Gasteiger charge is 2.43. The van der Waals surface area contributed by atoms with Crippen LogP contribution >= 0.6 is 0 Å². The molecule has 0 amide bonds. The Morgan fingerprint density at radius 3 is 2.41 bits per heavy atom. The normalized spacial score (nSPS) is 19.5. The summed E-state index contributed by atoms with van der Waals surface area (Å²) in [6.45, 7) is 3.13. The van der Waals surface area contributed by atoms with E-state index in [0.717, 1.165) is 32.4 Å². The molecule has 4 nitrogen and oxygen atoms in total. The number of aliphatic hydroxyl groups excluding tert-OH is 1. The average Bonchev–Trinajstić information content (AvgIpc) is 2.99. The van der Waals surface area contributed by atoms with Crippen LogP contribution in [0.25, 0.3) is 0 Å². The van der Waals surface area contributed by atoms with E-state index in [1.54, 1.807) is 6.20 Å². The van der Waals surface area contributed by atoms with Crippen LogP contribution in [0.1, 0.15) is 32.1 Å². The van der Waals surface area contributed by atoms with Crippen molar-refractivity contribution in [2.24, 2.45) is 5.92 Å². The van der Waals surface area contributed by atoms with Crippen molar-refractivity contribution in [3.63, 3.8) is 0 Å². The summed E-state index contributed by atoms with van der Waals surface area (Å²) < 4.78 is 39.3. The summed E-state index contributed by atoms with van der Waals surface area (Å²) >= 11 is 0. The number of nitrogens with zero attached hydrogens (tertiary/aromatic N) is 3. The summed E-state index contributed by atoms with van der Waals surface area (Å²) in [6, 6.07) is 1.90. The van der Waals surface area contributed by atoms with E-state index in [4.69, 9.17) is 0 Å². The molecule has 7 heteroatoms. The second-order valence-corrected chi connectivity index (χ2v) is 6.00. The monoisotopic (exact) mass is 319 g/mol. The number of aromatic nitrogens is 2. The van der Waals surface area contributed by atoms with E-state index in [9.17, 15) is 18.3 Å². The largest absolute Gasteiger partial charge is 0.414 e. The van der Waals surface area contributed by atoms with Gasteiger partial charge in [-0.1, -0.05) is 6.42 Å². The van der Waals surface area contributed by atoms with Gasteiger partial charge in [0.25, 0.3) is 0 Å². The van der Waals surface area contributed by atoms with Gasteiger partial charge in [-0.15, -0.1) is 0 Å². The SMILES string of the molecule is OC(C1CCN(CCCCCn2cccn2)CC1)C(F)(F)F. The highest BCUT2D eigenvalue weighted by Crippen LogP contribution is 2.31. The first-order valence-electron chi connectivity index (χ1n) is 7.91. The summed E-state index contributed by atoms with van der Waals surface area (Å²) in [4.78, 5) is 2.20. The van der Waals surface area contributed by atoms with Gasteiger partial charge in [0.1, 0.15) is 0 Å². The molecule has 0 saturated carbocycles. The van der Waals surface area contributed by atoms with E-state index in [2.05, 4.69) is 10.00 Å². The number of alkyl halides is 3. The Hall–Kier alpha value is -1.08. The standard InChI is InChI=1S/C15H24F3N3O/c16-15(17,18)14(22)13-5-11-20(12-6-13)8-2-1-3-9-21-10-4-7-19-21/h4,7,10,13-14,22H,1-3,5-6,8-9,11-12H2. The number of hydrogen-bond donors (Lipinski definition) is 1. The maximum Gasteiger partial charge on any atom is 0.414 e. The summed E-state index contributed by atoms with van der Waals surface area (Å²) in [5.74, 6) is -0.643. The van der Waals surface area contributed by atoms with Gasteiger partial charge < -0.3 is 10.0 Å². The molecular weight excluding hydrogens is 295 g/mol. The lowest BCUT2D eigenvalue weighted by atomic mass is 9.91. The highest BCUT2D eigenvalue weighted by molar-refractivity contribution is 4.81. The van der Waals surface area contributed by atoms with Crippen molar-refractivity contribution in [2.75, 3.05) is 19.6 Å². The number of aryl methyl sites for hydroxylation is 1. The smallest absolute Gasteiger partial charge is 0.383 e. The molecule has 0 aromatic carbocycles. The van der Waals surface area contributed by atoms with Crippen LogP contribution in [0.15, 0.2) is 18.5 Å². The predicted octanol–water partition coefficient (Wildman–Crippen LogP) is 2.69. The molecule has 2 heterocycles. The zero-order valence-corrected chi connectivity index (χ0v) is 12.7. The van der Waals surface area contributed by atoms with E-state index in [-0.39, 0.29) is 0 Å². The Balaban J connectivity index is 1.56. The zero-order chi connectivity index (χ0) is 16.0. The first-order chi connectivity index (χ1) is 10.5. The average molecular weight is 319 g/mol. The number of likely N-dealkylation sites (tertiary alicyclic amines) is 1. The predicted molar refractivity (Wildman–Crippen MR) is 77.3 cm³/mol. The minimum Gasteiger partial charge on any atom is -0.383 e. The van der Waals surface area contributed by atoms with Crippen LogP contribution in [0.4, 0.5) is 13.2 Å². The summed E-state index contributed by atoms with van der Waals surface area (Å²) in [5.41, 5.74) is 0. The molecule has 0 bridgehead atoms. The summed E-state index contributed by atoms with van der Waals surface area (Å²) in [5, 5.41) is 13.4. The van der Waals surface area contributed by atoms with E-state index < -0.39 is 18.2 Å². The summed E-state index contributed by atoms with van der Waals surface area (Å²) in [6.07, 6.45) is 1.10. The van der Waals surface area contributed by atoms with Gasteiger partial charge >= 0.3 is 6.18 Å². The van der Waals surface area contributed by atoms with Gasteiger partial charge in [-0.2, -0.15) is 18.3 Å². The summed E-state index contributed by atoms with van der Waals surface area (Å²) in [7, 11) is 0. The Bertz CT molecular complexity index is 414. The fraction of sp³-hybridized carbons (Fsp3) is 0.800. The third-order valence-electron chi connectivity index (χ3n) is 4.33. The second kappa shape index (κ2) is 7.97. The molecule has 0 radical (unpaired) electrons. The van der Waals surface area contributed by atoms with E-state index in [1.807, 2.05) is 16.9 Å². The third kappa shape index (κ3) is 5.28. The Kier molecular flexibility index (Phi) is 6.26. The number of halogens is 3. The fourth-order valence-corrected chi connectivity index (χ4v) is 2.98. The lowest BCUT2D eigenvalue weighted by Gasteiger charge is -2.34. The van der Waals surface area contributed by atoms with Crippen molar-refractivity contribution in [1.29, 1.82) is 0 Å². The van der Waals surface area contributed by atoms with Gasteiger partial charge in [0, 0.05) is 18.9 Å². The maximum atomic E-state index is 12.5. The van der Waals surface area contributed by atoms with Crippen LogP contribution in [0.5, 0.6) is 0 Å². The van der Waals surface area contributed by atoms with Crippen molar-refractivity contribution < 1.29 is 18.3 Å². The van der Waals surface area contributed by atoms with Crippen LogP contribution in [0.3, 0.4) is 0 Å². The van der Waals surface area contributed by atoms with Crippen molar-refractivity contribution in [3.05, 3.63) is 18.5 Å². The molecule has 1 unspecified atom stereocenters. The number of unbranched alkanes of at least 4 members (excludes halogenated alkanes) is 2. The molecule has 0 spiro atoms. The second-order valence-electron chi connectivity index (χ2n) is 6.00. The van der Waals surface area contributed by atoms with Crippen molar-refractivity contribution in [1.82, 2.24) is 14.7 Å². The number of piperidine rings is 1. The first kappa shape index (κ1) is 17.3. The van der Waals surface area contributed by atoms with Gasteiger partial charge in [-0.25, -0.2) is 0 Å². The molecule has 1 N–H and O–H groups in total. The first-order valence-corrected chi connectivity index (χ1v) is 7.91. The quantitative estimate of drug-likeness (QED) is 0.786. The number of rotatable bonds is 7. The fourth-order valence-electron chi connectivity index (χ4n) is 2.98. The molecule has 126 valence electrons. The lowest BCUT2D eigenvalue weighted by molar-refractivity contribution is -0.223. The van der Waals surface area contributed by atoms with Gasteiger partial charge in [0.15, 0.2) is 6.10 Å². The lowest BCUT2D eigenvalue weighted by Crippen LogP contribution is -2.43.